The molecule has 1 atom stereocenters. The van der Waals surface area contributed by atoms with Crippen molar-refractivity contribution in [3.05, 3.63) is 34.3 Å². The van der Waals surface area contributed by atoms with Gasteiger partial charge in [0.1, 0.15) is 0 Å². The summed E-state index contributed by atoms with van der Waals surface area (Å²) in [6.45, 7) is 2.47. The minimum atomic E-state index is -0.234. The van der Waals surface area contributed by atoms with Gasteiger partial charge in [-0.15, -0.1) is 0 Å². The third-order valence-corrected chi connectivity index (χ3v) is 4.20. The Kier molecular flexibility index (Phi) is 5.97. The molecule has 6 heteroatoms. The molecule has 0 aliphatic carbocycles. The number of carbonyl (C=O) groups excluding carboxylic acids is 2. The Morgan fingerprint density at radius 2 is 2.23 bits per heavy atom. The van der Waals surface area contributed by atoms with Crippen LogP contribution >= 0.6 is 15.9 Å². The van der Waals surface area contributed by atoms with Crippen LogP contribution < -0.4 is 5.32 Å². The zero-order valence-corrected chi connectivity index (χ0v) is 14.6. The second-order valence-corrected chi connectivity index (χ2v) is 6.82. The molecule has 1 aromatic rings. The molecule has 22 heavy (non-hydrogen) atoms. The zero-order valence-electron chi connectivity index (χ0n) is 13.0. The van der Waals surface area contributed by atoms with Crippen molar-refractivity contribution in [2.75, 3.05) is 33.7 Å². The van der Waals surface area contributed by atoms with Gasteiger partial charge in [-0.2, -0.15) is 0 Å². The van der Waals surface area contributed by atoms with Crippen LogP contribution in [0.3, 0.4) is 0 Å². The molecule has 120 valence electrons. The van der Waals surface area contributed by atoms with Gasteiger partial charge in [0.15, 0.2) is 0 Å². The topological polar surface area (TPSA) is 52.7 Å². The van der Waals surface area contributed by atoms with Gasteiger partial charge in [0.2, 0.25) is 11.8 Å². The van der Waals surface area contributed by atoms with E-state index in [1.54, 1.807) is 4.90 Å². The van der Waals surface area contributed by atoms with Crippen LogP contribution in [0.1, 0.15) is 12.0 Å². The summed E-state index contributed by atoms with van der Waals surface area (Å²) >= 11 is 3.43. The lowest BCUT2D eigenvalue weighted by Gasteiger charge is -2.17. The highest BCUT2D eigenvalue weighted by Crippen LogP contribution is 2.21. The summed E-state index contributed by atoms with van der Waals surface area (Å²) in [5, 5.41) is 2.90. The van der Waals surface area contributed by atoms with Crippen molar-refractivity contribution in [2.45, 2.75) is 13.0 Å². The first-order valence-corrected chi connectivity index (χ1v) is 8.19. The van der Waals surface area contributed by atoms with Crippen molar-refractivity contribution >= 4 is 27.7 Å². The van der Waals surface area contributed by atoms with Crippen LogP contribution in [0, 0.1) is 5.92 Å². The summed E-state index contributed by atoms with van der Waals surface area (Å²) in [4.78, 5) is 28.0. The molecule has 1 unspecified atom stereocenters. The molecule has 1 N–H and O–H groups in total. The van der Waals surface area contributed by atoms with Crippen LogP contribution in [0.5, 0.6) is 0 Å². The van der Waals surface area contributed by atoms with Gasteiger partial charge in [-0.3, -0.25) is 9.59 Å². The van der Waals surface area contributed by atoms with Gasteiger partial charge in [-0.25, -0.2) is 0 Å². The third kappa shape index (κ3) is 4.81. The Balaban J connectivity index is 1.86. The minimum Gasteiger partial charge on any atom is -0.355 e. The van der Waals surface area contributed by atoms with Crippen LogP contribution in [-0.2, 0) is 16.1 Å². The number of halogens is 1. The summed E-state index contributed by atoms with van der Waals surface area (Å²) in [7, 11) is 3.93. The predicted molar refractivity (Wildman–Crippen MR) is 89.2 cm³/mol. The quantitative estimate of drug-likeness (QED) is 0.828. The van der Waals surface area contributed by atoms with Crippen LogP contribution in [0.25, 0.3) is 0 Å². The van der Waals surface area contributed by atoms with Gasteiger partial charge in [-0.1, -0.05) is 28.1 Å². The molecule has 0 saturated carbocycles. The number of benzene rings is 1. The van der Waals surface area contributed by atoms with E-state index in [9.17, 15) is 9.59 Å². The number of likely N-dealkylation sites (N-methyl/N-ethyl adjacent to an activating group) is 1. The molecule has 1 aliphatic rings. The van der Waals surface area contributed by atoms with Gasteiger partial charge in [0.25, 0.3) is 0 Å². The SMILES string of the molecule is CN(C)CCNC(=O)C1CC(=O)N(Cc2cccc(Br)c2)C1. The maximum Gasteiger partial charge on any atom is 0.225 e. The summed E-state index contributed by atoms with van der Waals surface area (Å²) < 4.78 is 0.995. The molecular formula is C16H22BrN3O2. The molecular weight excluding hydrogens is 346 g/mol. The van der Waals surface area contributed by atoms with Crippen LogP contribution in [0.4, 0.5) is 0 Å². The number of rotatable bonds is 6. The first-order valence-electron chi connectivity index (χ1n) is 7.40. The first-order chi connectivity index (χ1) is 10.5. The second-order valence-electron chi connectivity index (χ2n) is 5.90. The number of nitrogens with one attached hydrogen (secondary N) is 1. The first kappa shape index (κ1) is 17.0. The fourth-order valence-electron chi connectivity index (χ4n) is 2.50. The van der Waals surface area contributed by atoms with Crippen molar-refractivity contribution in [1.82, 2.24) is 15.1 Å². The third-order valence-electron chi connectivity index (χ3n) is 3.71. The van der Waals surface area contributed by atoms with E-state index in [0.717, 1.165) is 16.6 Å². The fraction of sp³-hybridized carbons (Fsp3) is 0.500. The van der Waals surface area contributed by atoms with E-state index in [1.165, 1.54) is 0 Å². The Hall–Kier alpha value is -1.40. The standard InChI is InChI=1S/C16H22BrN3O2/c1-19(2)7-6-18-16(22)13-9-15(21)20(11-13)10-12-4-3-5-14(17)8-12/h3-5,8,13H,6-7,9-11H2,1-2H3,(H,18,22). The lowest BCUT2D eigenvalue weighted by molar-refractivity contribution is -0.129. The highest BCUT2D eigenvalue weighted by molar-refractivity contribution is 9.10. The normalized spacial score (nSPS) is 18.1. The van der Waals surface area contributed by atoms with Crippen molar-refractivity contribution < 1.29 is 9.59 Å². The molecule has 0 aromatic heterocycles. The molecule has 0 spiro atoms. The van der Waals surface area contributed by atoms with E-state index >= 15 is 0 Å². The van der Waals surface area contributed by atoms with Gasteiger partial charge in [-0.05, 0) is 31.8 Å². The van der Waals surface area contributed by atoms with Gasteiger partial charge < -0.3 is 15.1 Å². The van der Waals surface area contributed by atoms with E-state index in [4.69, 9.17) is 0 Å². The molecule has 0 bridgehead atoms. The van der Waals surface area contributed by atoms with Crippen LogP contribution in [0.15, 0.2) is 28.7 Å². The molecule has 0 radical (unpaired) electrons. The second kappa shape index (κ2) is 7.74. The largest absolute Gasteiger partial charge is 0.355 e. The van der Waals surface area contributed by atoms with Crippen LogP contribution in [0.2, 0.25) is 0 Å². The van der Waals surface area contributed by atoms with E-state index in [0.29, 0.717) is 26.1 Å². The van der Waals surface area contributed by atoms with Gasteiger partial charge in [0, 0.05) is 37.1 Å². The maximum absolute atomic E-state index is 12.1. The van der Waals surface area contributed by atoms with Gasteiger partial charge >= 0.3 is 0 Å². The van der Waals surface area contributed by atoms with E-state index in [2.05, 4.69) is 21.2 Å². The molecule has 2 rings (SSSR count). The molecule has 1 aliphatic heterocycles. The molecule has 1 heterocycles. The highest BCUT2D eigenvalue weighted by atomic mass is 79.9. The molecule has 2 amide bonds. The van der Waals surface area contributed by atoms with E-state index in [-0.39, 0.29) is 17.7 Å². The average Bonchev–Trinajstić information content (AvgIpc) is 2.80. The number of hydrogen-bond acceptors (Lipinski definition) is 3. The molecule has 1 fully saturated rings. The average molecular weight is 368 g/mol. The van der Waals surface area contributed by atoms with Crippen molar-refractivity contribution in [2.24, 2.45) is 5.92 Å². The highest BCUT2D eigenvalue weighted by Gasteiger charge is 2.33. The Morgan fingerprint density at radius 1 is 1.45 bits per heavy atom. The smallest absolute Gasteiger partial charge is 0.225 e. The van der Waals surface area contributed by atoms with Crippen molar-refractivity contribution in [3.63, 3.8) is 0 Å². The van der Waals surface area contributed by atoms with E-state index in [1.807, 2.05) is 43.3 Å². The van der Waals surface area contributed by atoms with Crippen molar-refractivity contribution in [1.29, 1.82) is 0 Å². The monoisotopic (exact) mass is 367 g/mol. The summed E-state index contributed by atoms with van der Waals surface area (Å²) in [5.74, 6) is -0.207. The number of amides is 2. The molecule has 1 aromatic carbocycles. The van der Waals surface area contributed by atoms with E-state index < -0.39 is 0 Å². The number of hydrogen-bond donors (Lipinski definition) is 1. The Bertz CT molecular complexity index is 548. The Morgan fingerprint density at radius 3 is 2.91 bits per heavy atom. The van der Waals surface area contributed by atoms with Crippen molar-refractivity contribution in [3.8, 4) is 0 Å². The number of carbonyl (C=O) groups is 2. The molecule has 5 nitrogen and oxygen atoms in total. The lowest BCUT2D eigenvalue weighted by Crippen LogP contribution is -2.36. The maximum atomic E-state index is 12.1. The summed E-state index contributed by atoms with van der Waals surface area (Å²) in [6, 6.07) is 7.89. The lowest BCUT2D eigenvalue weighted by atomic mass is 10.1. The Labute approximate surface area is 139 Å². The minimum absolute atomic E-state index is 0.0213. The fourth-order valence-corrected chi connectivity index (χ4v) is 2.95. The summed E-state index contributed by atoms with van der Waals surface area (Å²) in [5.41, 5.74) is 1.07. The predicted octanol–water partition coefficient (Wildman–Crippen LogP) is 1.48. The molecule has 1 saturated heterocycles. The van der Waals surface area contributed by atoms with Gasteiger partial charge in [0.05, 0.1) is 5.92 Å². The zero-order chi connectivity index (χ0) is 16.1. The van der Waals surface area contributed by atoms with Crippen LogP contribution in [-0.4, -0.2) is 55.3 Å². The summed E-state index contributed by atoms with van der Waals surface area (Å²) in [6.07, 6.45) is 0.307. The number of nitrogens with zero attached hydrogens (tertiary/aromatic N) is 2. The number of likely N-dealkylation sites (tertiary alicyclic amines) is 1.